The number of halogens is 1. The van der Waals surface area contributed by atoms with Crippen molar-refractivity contribution < 1.29 is 13.9 Å². The first kappa shape index (κ1) is 16.6. The number of carbonyl (C=O) groups is 1. The van der Waals surface area contributed by atoms with Crippen LogP contribution in [0.2, 0.25) is 0 Å². The zero-order valence-electron chi connectivity index (χ0n) is 14.0. The van der Waals surface area contributed by atoms with Crippen molar-refractivity contribution in [3.8, 4) is 0 Å². The van der Waals surface area contributed by atoms with E-state index in [9.17, 15) is 9.18 Å². The number of hydrogen-bond acceptors (Lipinski definition) is 3. The number of hydrogen-bond donors (Lipinski definition) is 0. The van der Waals surface area contributed by atoms with Gasteiger partial charge in [-0.3, -0.25) is 4.79 Å². The van der Waals surface area contributed by atoms with Crippen molar-refractivity contribution in [3.05, 3.63) is 53.4 Å². The second kappa shape index (κ2) is 7.13. The largest absolute Gasteiger partial charge is 0.384 e. The van der Waals surface area contributed by atoms with Gasteiger partial charge < -0.3 is 14.2 Å². The number of benzene rings is 1. The van der Waals surface area contributed by atoms with Crippen LogP contribution in [-0.2, 0) is 28.9 Å². The van der Waals surface area contributed by atoms with Crippen molar-refractivity contribution in [1.29, 1.82) is 0 Å². The third-order valence-corrected chi connectivity index (χ3v) is 4.50. The van der Waals surface area contributed by atoms with Crippen LogP contribution in [0.3, 0.4) is 0 Å². The van der Waals surface area contributed by atoms with Crippen molar-refractivity contribution in [2.75, 3.05) is 20.3 Å². The van der Waals surface area contributed by atoms with Gasteiger partial charge >= 0.3 is 0 Å². The highest BCUT2D eigenvalue weighted by atomic mass is 19.1. The SMILES string of the molecule is COCCc1cnc2n1CCN(C(=O)Cc1cccc(F)c1)C2C. The Morgan fingerprint density at radius 3 is 3.00 bits per heavy atom. The number of fused-ring (bicyclic) bond motifs is 1. The van der Waals surface area contributed by atoms with E-state index >= 15 is 0 Å². The van der Waals surface area contributed by atoms with Gasteiger partial charge in [-0.2, -0.15) is 0 Å². The molecule has 24 heavy (non-hydrogen) atoms. The first-order chi connectivity index (χ1) is 11.6. The minimum atomic E-state index is -0.315. The Morgan fingerprint density at radius 2 is 2.25 bits per heavy atom. The summed E-state index contributed by atoms with van der Waals surface area (Å²) in [6.07, 6.45) is 2.89. The summed E-state index contributed by atoms with van der Waals surface area (Å²) < 4.78 is 20.6. The lowest BCUT2D eigenvalue weighted by atomic mass is 10.1. The molecule has 1 amide bonds. The van der Waals surface area contributed by atoms with Crippen LogP contribution in [-0.4, -0.2) is 40.6 Å². The Labute approximate surface area is 141 Å². The molecule has 2 aromatic rings. The molecule has 0 aliphatic carbocycles. The fourth-order valence-corrected chi connectivity index (χ4v) is 3.23. The molecule has 6 heteroatoms. The van der Waals surface area contributed by atoms with Gasteiger partial charge in [-0.05, 0) is 24.6 Å². The second-order valence-electron chi connectivity index (χ2n) is 6.07. The first-order valence-electron chi connectivity index (χ1n) is 8.17. The monoisotopic (exact) mass is 331 g/mol. The molecule has 0 radical (unpaired) electrons. The van der Waals surface area contributed by atoms with Gasteiger partial charge in [0.15, 0.2) is 0 Å². The van der Waals surface area contributed by atoms with Crippen LogP contribution in [0.25, 0.3) is 0 Å². The summed E-state index contributed by atoms with van der Waals surface area (Å²) in [6, 6.07) is 6.12. The number of amides is 1. The highest BCUT2D eigenvalue weighted by molar-refractivity contribution is 5.79. The van der Waals surface area contributed by atoms with Crippen molar-refractivity contribution in [3.63, 3.8) is 0 Å². The predicted octanol–water partition coefficient (Wildman–Crippen LogP) is 2.36. The molecule has 2 heterocycles. The molecule has 1 aliphatic heterocycles. The average molecular weight is 331 g/mol. The molecule has 1 aliphatic rings. The Hall–Kier alpha value is -2.21. The molecular formula is C18H22FN3O2. The van der Waals surface area contributed by atoms with Crippen LogP contribution in [0.5, 0.6) is 0 Å². The number of aromatic nitrogens is 2. The third kappa shape index (κ3) is 3.33. The summed E-state index contributed by atoms with van der Waals surface area (Å²) in [5.41, 5.74) is 1.83. The molecule has 1 atom stereocenters. The van der Waals surface area contributed by atoms with Crippen LogP contribution in [0.1, 0.15) is 30.0 Å². The molecular weight excluding hydrogens is 309 g/mol. The van der Waals surface area contributed by atoms with Gasteiger partial charge in [0, 0.05) is 38.5 Å². The van der Waals surface area contributed by atoms with Crippen LogP contribution in [0.15, 0.2) is 30.5 Å². The van der Waals surface area contributed by atoms with Crippen molar-refractivity contribution >= 4 is 5.91 Å². The minimum Gasteiger partial charge on any atom is -0.384 e. The Bertz CT molecular complexity index is 729. The third-order valence-electron chi connectivity index (χ3n) is 4.50. The Balaban J connectivity index is 1.72. The molecule has 1 aromatic carbocycles. The minimum absolute atomic E-state index is 0.000733. The standard InChI is InChI=1S/C18H22FN3O2/c1-13-18-20-12-16(6-9-24-2)22(18)8-7-21(13)17(23)11-14-4-3-5-15(19)10-14/h3-5,10,12-13H,6-9,11H2,1-2H3. The van der Waals surface area contributed by atoms with E-state index in [2.05, 4.69) is 9.55 Å². The van der Waals surface area contributed by atoms with Gasteiger partial charge in [-0.1, -0.05) is 12.1 Å². The molecule has 1 unspecified atom stereocenters. The number of ether oxygens (including phenoxy) is 1. The van der Waals surface area contributed by atoms with Crippen LogP contribution in [0.4, 0.5) is 4.39 Å². The molecule has 3 rings (SSSR count). The summed E-state index contributed by atoms with van der Waals surface area (Å²) >= 11 is 0. The van der Waals surface area contributed by atoms with Crippen molar-refractivity contribution in [1.82, 2.24) is 14.5 Å². The fourth-order valence-electron chi connectivity index (χ4n) is 3.23. The van der Waals surface area contributed by atoms with E-state index in [0.717, 1.165) is 24.5 Å². The molecule has 0 spiro atoms. The van der Waals surface area contributed by atoms with Crippen molar-refractivity contribution in [2.45, 2.75) is 32.4 Å². The van der Waals surface area contributed by atoms with Gasteiger partial charge in [0.05, 0.1) is 19.1 Å². The summed E-state index contributed by atoms with van der Waals surface area (Å²) in [5, 5.41) is 0. The molecule has 0 saturated carbocycles. The van der Waals surface area contributed by atoms with Gasteiger partial charge in [0.2, 0.25) is 5.91 Å². The zero-order chi connectivity index (χ0) is 17.1. The van der Waals surface area contributed by atoms with Crippen molar-refractivity contribution in [2.24, 2.45) is 0 Å². The van der Waals surface area contributed by atoms with Gasteiger partial charge in [0.1, 0.15) is 11.6 Å². The van der Waals surface area contributed by atoms with Gasteiger partial charge in [-0.25, -0.2) is 9.37 Å². The second-order valence-corrected chi connectivity index (χ2v) is 6.07. The molecule has 1 aromatic heterocycles. The van der Waals surface area contributed by atoms with E-state index in [0.29, 0.717) is 18.7 Å². The lowest BCUT2D eigenvalue weighted by Crippen LogP contribution is -2.42. The number of rotatable bonds is 5. The number of methoxy groups -OCH3 is 1. The Kier molecular flexibility index (Phi) is 4.94. The van der Waals surface area contributed by atoms with Gasteiger partial charge in [-0.15, -0.1) is 0 Å². The van der Waals surface area contributed by atoms with E-state index in [1.54, 1.807) is 19.2 Å². The Morgan fingerprint density at radius 1 is 1.42 bits per heavy atom. The maximum atomic E-state index is 13.3. The van der Waals surface area contributed by atoms with Crippen LogP contribution in [0, 0.1) is 5.82 Å². The maximum Gasteiger partial charge on any atom is 0.227 e. The summed E-state index contributed by atoms with van der Waals surface area (Å²) in [7, 11) is 1.68. The lowest BCUT2D eigenvalue weighted by molar-refractivity contribution is -0.133. The molecule has 128 valence electrons. The molecule has 0 fully saturated rings. The predicted molar refractivity (Wildman–Crippen MR) is 88.0 cm³/mol. The fraction of sp³-hybridized carbons (Fsp3) is 0.444. The van der Waals surface area contributed by atoms with E-state index in [1.165, 1.54) is 12.1 Å². The smallest absolute Gasteiger partial charge is 0.227 e. The zero-order valence-corrected chi connectivity index (χ0v) is 14.0. The van der Waals surface area contributed by atoms with Crippen LogP contribution >= 0.6 is 0 Å². The lowest BCUT2D eigenvalue weighted by Gasteiger charge is -2.34. The van der Waals surface area contributed by atoms with E-state index in [-0.39, 0.29) is 24.2 Å². The molecule has 0 bridgehead atoms. The number of nitrogens with zero attached hydrogens (tertiary/aromatic N) is 3. The maximum absolute atomic E-state index is 13.3. The molecule has 0 saturated heterocycles. The van der Waals surface area contributed by atoms with E-state index in [1.807, 2.05) is 18.0 Å². The topological polar surface area (TPSA) is 47.4 Å². The number of carbonyl (C=O) groups excluding carboxylic acids is 1. The quantitative estimate of drug-likeness (QED) is 0.845. The summed E-state index contributed by atoms with van der Waals surface area (Å²) in [6.45, 7) is 4.01. The van der Waals surface area contributed by atoms with Crippen LogP contribution < -0.4 is 0 Å². The summed E-state index contributed by atoms with van der Waals surface area (Å²) in [5.74, 6) is 0.589. The highest BCUT2D eigenvalue weighted by Crippen LogP contribution is 2.26. The first-order valence-corrected chi connectivity index (χ1v) is 8.17. The summed E-state index contributed by atoms with van der Waals surface area (Å²) in [4.78, 5) is 18.9. The van der Waals surface area contributed by atoms with E-state index < -0.39 is 0 Å². The molecule has 0 N–H and O–H groups in total. The highest BCUT2D eigenvalue weighted by Gasteiger charge is 2.30. The number of imidazole rings is 1. The normalized spacial score (nSPS) is 17.0. The average Bonchev–Trinajstić information content (AvgIpc) is 2.97. The van der Waals surface area contributed by atoms with E-state index in [4.69, 9.17) is 4.74 Å². The molecule has 5 nitrogen and oxygen atoms in total. The van der Waals surface area contributed by atoms with Gasteiger partial charge in [0.25, 0.3) is 0 Å².